The fourth-order valence-corrected chi connectivity index (χ4v) is 2.57. The molecule has 1 amide bonds. The lowest BCUT2D eigenvalue weighted by molar-refractivity contribution is 0.102. The molecule has 0 spiro atoms. The van der Waals surface area contributed by atoms with E-state index in [1.54, 1.807) is 13.0 Å². The molecular weight excluding hydrogens is 292 g/mol. The highest BCUT2D eigenvalue weighted by Gasteiger charge is 2.17. The van der Waals surface area contributed by atoms with Crippen LogP contribution in [0.1, 0.15) is 15.9 Å². The van der Waals surface area contributed by atoms with E-state index in [-0.39, 0.29) is 21.9 Å². The van der Waals surface area contributed by atoms with Gasteiger partial charge in [-0.1, -0.05) is 18.2 Å². The summed E-state index contributed by atoms with van der Waals surface area (Å²) in [7, 11) is -3.94. The van der Waals surface area contributed by atoms with Crippen LogP contribution in [0.15, 0.2) is 47.4 Å². The Bertz CT molecular complexity index is 800. The number of phenolic OH excluding ortho intramolecular Hbond substituents is 1. The summed E-state index contributed by atoms with van der Waals surface area (Å²) >= 11 is 0. The molecule has 6 nitrogen and oxygen atoms in total. The highest BCUT2D eigenvalue weighted by Crippen LogP contribution is 2.23. The predicted octanol–water partition coefficient (Wildman–Crippen LogP) is 1.60. The van der Waals surface area contributed by atoms with Crippen LogP contribution >= 0.6 is 0 Å². The first-order chi connectivity index (χ1) is 9.80. The lowest BCUT2D eigenvalue weighted by atomic mass is 10.1. The van der Waals surface area contributed by atoms with Crippen molar-refractivity contribution in [2.45, 2.75) is 11.8 Å². The first-order valence-corrected chi connectivity index (χ1v) is 7.57. The second-order valence-electron chi connectivity index (χ2n) is 4.44. The number of rotatable bonds is 3. The third-order valence-corrected chi connectivity index (χ3v) is 3.96. The molecule has 0 atom stereocenters. The SMILES string of the molecule is Cc1c(O)cccc1C(=O)Nc1ccccc1S(N)(=O)=O. The molecule has 0 aliphatic heterocycles. The van der Waals surface area contributed by atoms with E-state index in [2.05, 4.69) is 5.32 Å². The van der Waals surface area contributed by atoms with Crippen LogP contribution in [0, 0.1) is 6.92 Å². The van der Waals surface area contributed by atoms with Gasteiger partial charge in [0.15, 0.2) is 0 Å². The number of hydrogen-bond acceptors (Lipinski definition) is 4. The predicted molar refractivity (Wildman–Crippen MR) is 78.6 cm³/mol. The quantitative estimate of drug-likeness (QED) is 0.800. The van der Waals surface area contributed by atoms with Crippen molar-refractivity contribution in [3.8, 4) is 5.75 Å². The molecule has 110 valence electrons. The summed E-state index contributed by atoms with van der Waals surface area (Å²) in [5.41, 5.74) is 0.745. The Morgan fingerprint density at radius 3 is 2.48 bits per heavy atom. The van der Waals surface area contributed by atoms with E-state index in [1.165, 1.54) is 36.4 Å². The van der Waals surface area contributed by atoms with Gasteiger partial charge in [0.05, 0.1) is 5.69 Å². The normalized spacial score (nSPS) is 11.1. The Kier molecular flexibility index (Phi) is 3.97. The van der Waals surface area contributed by atoms with Gasteiger partial charge >= 0.3 is 0 Å². The smallest absolute Gasteiger partial charge is 0.256 e. The third kappa shape index (κ3) is 3.21. The topological polar surface area (TPSA) is 109 Å². The second kappa shape index (κ2) is 5.55. The van der Waals surface area contributed by atoms with Gasteiger partial charge in [-0.15, -0.1) is 0 Å². The zero-order chi connectivity index (χ0) is 15.6. The van der Waals surface area contributed by atoms with Gasteiger partial charge in [0, 0.05) is 11.1 Å². The molecule has 0 radical (unpaired) electrons. The fraction of sp³-hybridized carbons (Fsp3) is 0.0714. The van der Waals surface area contributed by atoms with Gasteiger partial charge in [0.2, 0.25) is 10.0 Å². The Hall–Kier alpha value is -2.38. The molecular formula is C14H14N2O4S. The van der Waals surface area contributed by atoms with Gasteiger partial charge in [-0.3, -0.25) is 4.79 Å². The van der Waals surface area contributed by atoms with Gasteiger partial charge in [-0.05, 0) is 31.2 Å². The fourth-order valence-electron chi connectivity index (χ4n) is 1.88. The average molecular weight is 306 g/mol. The Morgan fingerprint density at radius 1 is 1.14 bits per heavy atom. The van der Waals surface area contributed by atoms with Gasteiger partial charge in [-0.2, -0.15) is 0 Å². The van der Waals surface area contributed by atoms with Crippen LogP contribution < -0.4 is 10.5 Å². The van der Waals surface area contributed by atoms with E-state index in [9.17, 15) is 18.3 Å². The van der Waals surface area contributed by atoms with Gasteiger partial charge in [-0.25, -0.2) is 13.6 Å². The zero-order valence-electron chi connectivity index (χ0n) is 11.2. The molecule has 0 fully saturated rings. The van der Waals surface area contributed by atoms with Crippen molar-refractivity contribution in [1.82, 2.24) is 0 Å². The van der Waals surface area contributed by atoms with E-state index in [0.29, 0.717) is 5.56 Å². The maximum absolute atomic E-state index is 12.2. The molecule has 21 heavy (non-hydrogen) atoms. The summed E-state index contributed by atoms with van der Waals surface area (Å²) < 4.78 is 23.0. The number of carbonyl (C=O) groups is 1. The zero-order valence-corrected chi connectivity index (χ0v) is 12.0. The minimum Gasteiger partial charge on any atom is -0.508 e. The number of nitrogens with two attached hydrogens (primary N) is 1. The monoisotopic (exact) mass is 306 g/mol. The number of carbonyl (C=O) groups excluding carboxylic acids is 1. The van der Waals surface area contributed by atoms with Crippen molar-refractivity contribution in [2.75, 3.05) is 5.32 Å². The maximum Gasteiger partial charge on any atom is 0.256 e. The average Bonchev–Trinajstić information content (AvgIpc) is 2.41. The molecule has 2 rings (SSSR count). The molecule has 0 aliphatic carbocycles. The molecule has 2 aromatic rings. The highest BCUT2D eigenvalue weighted by atomic mass is 32.2. The van der Waals surface area contributed by atoms with E-state index in [4.69, 9.17) is 5.14 Å². The van der Waals surface area contributed by atoms with Crippen LogP contribution in [-0.4, -0.2) is 19.4 Å². The van der Waals surface area contributed by atoms with Crippen molar-refractivity contribution in [2.24, 2.45) is 5.14 Å². The summed E-state index contributed by atoms with van der Waals surface area (Å²) in [5.74, 6) is -0.540. The number of hydrogen-bond donors (Lipinski definition) is 3. The summed E-state index contributed by atoms with van der Waals surface area (Å²) in [6.07, 6.45) is 0. The molecule has 0 heterocycles. The molecule has 7 heteroatoms. The van der Waals surface area contributed by atoms with Gasteiger partial charge in [0.1, 0.15) is 10.6 Å². The maximum atomic E-state index is 12.2. The number of amides is 1. The first-order valence-electron chi connectivity index (χ1n) is 6.02. The van der Waals surface area contributed by atoms with Crippen molar-refractivity contribution in [1.29, 1.82) is 0 Å². The van der Waals surface area contributed by atoms with E-state index in [1.807, 2.05) is 0 Å². The summed E-state index contributed by atoms with van der Waals surface area (Å²) in [6.45, 7) is 1.59. The Labute approximate surface area is 122 Å². The Morgan fingerprint density at radius 2 is 1.81 bits per heavy atom. The number of nitrogens with one attached hydrogen (secondary N) is 1. The molecule has 0 saturated heterocycles. The number of anilines is 1. The first kappa shape index (κ1) is 15.0. The minimum atomic E-state index is -3.94. The van der Waals surface area contributed by atoms with Crippen molar-refractivity contribution < 1.29 is 18.3 Å². The minimum absolute atomic E-state index is 0.0117. The molecule has 2 aromatic carbocycles. The van der Waals surface area contributed by atoms with Crippen molar-refractivity contribution in [3.63, 3.8) is 0 Å². The van der Waals surface area contributed by atoms with Crippen LogP contribution in [0.25, 0.3) is 0 Å². The standard InChI is InChI=1S/C14H14N2O4S/c1-9-10(5-4-7-12(9)17)14(18)16-11-6-2-3-8-13(11)21(15,19)20/h2-8,17H,1H3,(H,16,18)(H2,15,19,20). The number of sulfonamides is 1. The van der Waals surface area contributed by atoms with Gasteiger partial charge < -0.3 is 10.4 Å². The lowest BCUT2D eigenvalue weighted by Gasteiger charge is -2.11. The molecule has 0 aromatic heterocycles. The lowest BCUT2D eigenvalue weighted by Crippen LogP contribution is -2.19. The van der Waals surface area contributed by atoms with Crippen LogP contribution in [0.3, 0.4) is 0 Å². The largest absolute Gasteiger partial charge is 0.508 e. The third-order valence-electron chi connectivity index (χ3n) is 2.99. The van der Waals surface area contributed by atoms with Crippen LogP contribution in [0.2, 0.25) is 0 Å². The number of aromatic hydroxyl groups is 1. The summed E-state index contributed by atoms with van der Waals surface area (Å²) in [4.78, 5) is 12.0. The van der Waals surface area contributed by atoms with E-state index < -0.39 is 15.9 Å². The molecule has 0 saturated carbocycles. The summed E-state index contributed by atoms with van der Waals surface area (Å²) in [5, 5.41) is 17.2. The molecule has 0 aliphatic rings. The number of phenols is 1. The molecule has 0 unspecified atom stereocenters. The second-order valence-corrected chi connectivity index (χ2v) is 5.97. The molecule has 0 bridgehead atoms. The van der Waals surface area contributed by atoms with Crippen molar-refractivity contribution >= 4 is 21.6 Å². The number of benzene rings is 2. The van der Waals surface area contributed by atoms with E-state index >= 15 is 0 Å². The van der Waals surface area contributed by atoms with Gasteiger partial charge in [0.25, 0.3) is 5.91 Å². The summed E-state index contributed by atoms with van der Waals surface area (Å²) in [6, 6.07) is 10.4. The van der Waals surface area contributed by atoms with Crippen molar-refractivity contribution in [3.05, 3.63) is 53.6 Å². The van der Waals surface area contributed by atoms with Crippen LogP contribution in [0.4, 0.5) is 5.69 Å². The van der Waals surface area contributed by atoms with Crippen LogP contribution in [-0.2, 0) is 10.0 Å². The van der Waals surface area contributed by atoms with E-state index in [0.717, 1.165) is 0 Å². The van der Waals surface area contributed by atoms with Crippen LogP contribution in [0.5, 0.6) is 5.75 Å². The Balaban J connectivity index is 2.40. The number of primary sulfonamides is 1. The highest BCUT2D eigenvalue weighted by molar-refractivity contribution is 7.89. The molecule has 4 N–H and O–H groups in total. The number of para-hydroxylation sites is 1.